The maximum atomic E-state index is 8.89. The van der Waals surface area contributed by atoms with E-state index >= 15 is 0 Å². The first-order valence-electron chi connectivity index (χ1n) is 5.01. The van der Waals surface area contributed by atoms with E-state index < -0.39 is 0 Å². The lowest BCUT2D eigenvalue weighted by atomic mass is 9.86. The summed E-state index contributed by atoms with van der Waals surface area (Å²) in [4.78, 5) is 0. The van der Waals surface area contributed by atoms with Crippen molar-refractivity contribution in [2.24, 2.45) is 17.8 Å². The molecule has 3 aliphatic rings. The Bertz CT molecular complexity index is 265. The monoisotopic (exact) mass is 179 g/mol. The van der Waals surface area contributed by atoms with E-state index in [9.17, 15) is 0 Å². The van der Waals surface area contributed by atoms with E-state index in [1.165, 1.54) is 0 Å². The number of fused-ring (bicyclic) bond motifs is 3. The van der Waals surface area contributed by atoms with Crippen molar-refractivity contribution in [2.75, 3.05) is 13.2 Å². The number of hydrogen-bond donors (Lipinski definition) is 0. The van der Waals surface area contributed by atoms with Crippen LogP contribution in [-0.4, -0.2) is 19.0 Å². The summed E-state index contributed by atoms with van der Waals surface area (Å²) < 4.78 is 11.4. The average molecular weight is 179 g/mol. The van der Waals surface area contributed by atoms with E-state index in [0.29, 0.717) is 11.8 Å². The minimum absolute atomic E-state index is 0.266. The van der Waals surface area contributed by atoms with Gasteiger partial charge in [0.05, 0.1) is 19.3 Å². The van der Waals surface area contributed by atoms with Gasteiger partial charge in [0.2, 0.25) is 0 Å². The van der Waals surface area contributed by atoms with Crippen LogP contribution in [0.5, 0.6) is 0 Å². The highest BCUT2D eigenvalue weighted by Crippen LogP contribution is 2.56. The Morgan fingerprint density at radius 1 is 1.23 bits per heavy atom. The van der Waals surface area contributed by atoms with E-state index in [-0.39, 0.29) is 11.7 Å². The molecule has 0 N–H and O–H groups in total. The van der Waals surface area contributed by atoms with Crippen molar-refractivity contribution in [3.05, 3.63) is 0 Å². The molecule has 3 nitrogen and oxygen atoms in total. The lowest BCUT2D eigenvalue weighted by Crippen LogP contribution is -2.38. The standard InChI is InChI=1S/C10H13NO2/c11-6-8-4-9-3-7(8)5-10(9)12-1-2-13-10/h7-9H,1-5H2. The molecular weight excluding hydrogens is 166 g/mol. The van der Waals surface area contributed by atoms with Gasteiger partial charge in [-0.3, -0.25) is 0 Å². The molecule has 0 aromatic heterocycles. The molecule has 1 spiro atoms. The molecule has 0 radical (unpaired) electrons. The molecule has 1 aliphatic heterocycles. The number of ether oxygens (including phenoxy) is 2. The van der Waals surface area contributed by atoms with Gasteiger partial charge in [-0.2, -0.15) is 5.26 Å². The van der Waals surface area contributed by atoms with E-state index in [1.54, 1.807) is 0 Å². The van der Waals surface area contributed by atoms with Gasteiger partial charge in [0, 0.05) is 18.3 Å². The summed E-state index contributed by atoms with van der Waals surface area (Å²) in [6, 6.07) is 2.39. The molecule has 70 valence electrons. The molecule has 1 heterocycles. The van der Waals surface area contributed by atoms with Gasteiger partial charge in [0.1, 0.15) is 0 Å². The number of rotatable bonds is 0. The van der Waals surface area contributed by atoms with Crippen molar-refractivity contribution in [1.29, 1.82) is 5.26 Å². The molecule has 2 saturated carbocycles. The normalized spacial score (nSPS) is 45.6. The van der Waals surface area contributed by atoms with Gasteiger partial charge in [-0.15, -0.1) is 0 Å². The van der Waals surface area contributed by atoms with Crippen LogP contribution in [0.4, 0.5) is 0 Å². The third-order valence-electron chi connectivity index (χ3n) is 3.81. The molecule has 2 aliphatic carbocycles. The SMILES string of the molecule is N#CC1CC2CC1CC21OCCO1. The molecule has 2 bridgehead atoms. The predicted octanol–water partition coefficient (Wildman–Crippen LogP) is 1.30. The van der Waals surface area contributed by atoms with Gasteiger partial charge in [-0.1, -0.05) is 0 Å². The van der Waals surface area contributed by atoms with Crippen LogP contribution >= 0.6 is 0 Å². The third kappa shape index (κ3) is 0.905. The van der Waals surface area contributed by atoms with Crippen LogP contribution in [0, 0.1) is 29.1 Å². The zero-order chi connectivity index (χ0) is 8.89. The summed E-state index contributed by atoms with van der Waals surface area (Å²) >= 11 is 0. The molecular formula is C10H13NO2. The summed E-state index contributed by atoms with van der Waals surface area (Å²) in [6.45, 7) is 1.47. The summed E-state index contributed by atoms with van der Waals surface area (Å²) in [5, 5.41) is 8.89. The van der Waals surface area contributed by atoms with Gasteiger partial charge in [0.15, 0.2) is 5.79 Å². The second-order valence-electron chi connectivity index (χ2n) is 4.38. The van der Waals surface area contributed by atoms with Crippen molar-refractivity contribution in [3.8, 4) is 6.07 Å². The first-order chi connectivity index (χ1) is 6.34. The highest BCUT2D eigenvalue weighted by Gasteiger charge is 2.58. The molecule has 3 unspecified atom stereocenters. The van der Waals surface area contributed by atoms with Crippen LogP contribution < -0.4 is 0 Å². The van der Waals surface area contributed by atoms with Crippen LogP contribution in [-0.2, 0) is 9.47 Å². The Morgan fingerprint density at radius 2 is 2.00 bits per heavy atom. The van der Waals surface area contributed by atoms with Gasteiger partial charge in [-0.25, -0.2) is 0 Å². The molecule has 0 aromatic carbocycles. The second kappa shape index (κ2) is 2.46. The minimum atomic E-state index is -0.266. The van der Waals surface area contributed by atoms with E-state index in [1.807, 2.05) is 0 Å². The van der Waals surface area contributed by atoms with Crippen molar-refractivity contribution in [3.63, 3.8) is 0 Å². The lowest BCUT2D eigenvalue weighted by Gasteiger charge is -2.32. The molecule has 3 fully saturated rings. The second-order valence-corrected chi connectivity index (χ2v) is 4.38. The zero-order valence-electron chi connectivity index (χ0n) is 7.53. The van der Waals surface area contributed by atoms with Gasteiger partial charge in [-0.05, 0) is 18.8 Å². The van der Waals surface area contributed by atoms with Gasteiger partial charge >= 0.3 is 0 Å². The van der Waals surface area contributed by atoms with Crippen molar-refractivity contribution < 1.29 is 9.47 Å². The first kappa shape index (κ1) is 7.78. The average Bonchev–Trinajstić information content (AvgIpc) is 2.80. The number of nitriles is 1. The Morgan fingerprint density at radius 3 is 2.54 bits per heavy atom. The summed E-state index contributed by atoms with van der Waals surface area (Å²) in [6.07, 6.45) is 3.08. The van der Waals surface area contributed by atoms with Crippen LogP contribution in [0.3, 0.4) is 0 Å². The zero-order valence-corrected chi connectivity index (χ0v) is 7.53. The molecule has 3 atom stereocenters. The van der Waals surface area contributed by atoms with Crippen LogP contribution in [0.15, 0.2) is 0 Å². The minimum Gasteiger partial charge on any atom is -0.347 e. The van der Waals surface area contributed by atoms with Crippen molar-refractivity contribution in [2.45, 2.75) is 25.0 Å². The fourth-order valence-corrected chi connectivity index (χ4v) is 3.22. The smallest absolute Gasteiger partial charge is 0.171 e. The van der Waals surface area contributed by atoms with E-state index in [2.05, 4.69) is 6.07 Å². The van der Waals surface area contributed by atoms with Crippen molar-refractivity contribution >= 4 is 0 Å². The predicted molar refractivity (Wildman–Crippen MR) is 44.6 cm³/mol. The Hall–Kier alpha value is -0.590. The number of nitrogens with zero attached hydrogens (tertiary/aromatic N) is 1. The van der Waals surface area contributed by atoms with Gasteiger partial charge < -0.3 is 9.47 Å². The summed E-state index contributed by atoms with van der Waals surface area (Å²) in [5.41, 5.74) is 0. The maximum absolute atomic E-state index is 8.89. The Kier molecular flexibility index (Phi) is 1.47. The van der Waals surface area contributed by atoms with Gasteiger partial charge in [0.25, 0.3) is 0 Å². The topological polar surface area (TPSA) is 42.2 Å². The molecule has 1 saturated heterocycles. The van der Waals surface area contributed by atoms with Crippen molar-refractivity contribution in [1.82, 2.24) is 0 Å². The van der Waals surface area contributed by atoms with Crippen LogP contribution in [0.1, 0.15) is 19.3 Å². The largest absolute Gasteiger partial charge is 0.347 e. The van der Waals surface area contributed by atoms with E-state index in [0.717, 1.165) is 32.5 Å². The van der Waals surface area contributed by atoms with E-state index in [4.69, 9.17) is 14.7 Å². The van der Waals surface area contributed by atoms with Crippen LogP contribution in [0.25, 0.3) is 0 Å². The quantitative estimate of drug-likeness (QED) is 0.563. The Labute approximate surface area is 77.6 Å². The third-order valence-corrected chi connectivity index (χ3v) is 3.81. The first-order valence-corrected chi connectivity index (χ1v) is 5.01. The summed E-state index contributed by atoms with van der Waals surface area (Å²) in [7, 11) is 0. The fraction of sp³-hybridized carbons (Fsp3) is 0.900. The lowest BCUT2D eigenvalue weighted by molar-refractivity contribution is -0.192. The molecule has 13 heavy (non-hydrogen) atoms. The highest BCUT2D eigenvalue weighted by atomic mass is 16.7. The molecule has 3 rings (SSSR count). The fourth-order valence-electron chi connectivity index (χ4n) is 3.22. The molecule has 3 heteroatoms. The molecule has 0 amide bonds. The highest BCUT2D eigenvalue weighted by molar-refractivity contribution is 5.07. The number of hydrogen-bond acceptors (Lipinski definition) is 3. The maximum Gasteiger partial charge on any atom is 0.171 e. The summed E-state index contributed by atoms with van der Waals surface area (Å²) in [5.74, 6) is 1.03. The van der Waals surface area contributed by atoms with Crippen LogP contribution in [0.2, 0.25) is 0 Å². The Balaban J connectivity index is 1.83. The molecule has 0 aromatic rings.